The molecule has 0 saturated heterocycles. The van der Waals surface area contributed by atoms with Gasteiger partial charge in [0, 0.05) is 0 Å². The number of carbonyl (C=O) groups excluding carboxylic acids is 1. The van der Waals surface area contributed by atoms with Gasteiger partial charge in [-0.1, -0.05) is 13.3 Å². The molecule has 7 nitrogen and oxygen atoms in total. The van der Waals surface area contributed by atoms with Crippen LogP contribution in [-0.4, -0.2) is 64.9 Å². The van der Waals surface area contributed by atoms with E-state index in [0.717, 1.165) is 6.42 Å². The van der Waals surface area contributed by atoms with Gasteiger partial charge >= 0.3 is 35.0 Å². The first-order valence-corrected chi connectivity index (χ1v) is 6.14. The lowest BCUT2D eigenvalue weighted by atomic mass is 10.3. The minimum atomic E-state index is -4.75. The van der Waals surface area contributed by atoms with Gasteiger partial charge < -0.3 is 9.84 Å². The minimum Gasteiger partial charge on any atom is -0.481 e. The SMILES string of the molecule is CCCCOC(=O)C(CC(=O)O)S(=O)(=O)O.[MgH2]. The predicted octanol–water partition coefficient (Wildman–Crippen LogP) is -0.855. The molecule has 2 N–H and O–H groups in total. The third-order valence-electron chi connectivity index (χ3n) is 1.72. The lowest BCUT2D eigenvalue weighted by Gasteiger charge is -2.10. The van der Waals surface area contributed by atoms with Crippen molar-refractivity contribution >= 4 is 45.1 Å². The summed E-state index contributed by atoms with van der Waals surface area (Å²) < 4.78 is 34.7. The molecule has 0 saturated carbocycles. The first kappa shape index (κ1) is 19.0. The molecule has 1 unspecified atom stereocenters. The third kappa shape index (κ3) is 8.35. The molecule has 0 aliphatic heterocycles. The van der Waals surface area contributed by atoms with Gasteiger partial charge in [0.1, 0.15) is 0 Å². The molecule has 0 rings (SSSR count). The van der Waals surface area contributed by atoms with Crippen molar-refractivity contribution in [2.24, 2.45) is 0 Å². The van der Waals surface area contributed by atoms with E-state index in [1.165, 1.54) is 0 Å². The Morgan fingerprint density at radius 1 is 1.35 bits per heavy atom. The van der Waals surface area contributed by atoms with Gasteiger partial charge in [-0.15, -0.1) is 0 Å². The molecule has 0 aromatic carbocycles. The number of rotatable bonds is 7. The highest BCUT2D eigenvalue weighted by molar-refractivity contribution is 7.87. The van der Waals surface area contributed by atoms with Crippen LogP contribution in [0, 0.1) is 0 Å². The van der Waals surface area contributed by atoms with E-state index in [2.05, 4.69) is 4.74 Å². The maximum atomic E-state index is 11.2. The summed E-state index contributed by atoms with van der Waals surface area (Å²) in [5.41, 5.74) is 0. The minimum absolute atomic E-state index is 0. The summed E-state index contributed by atoms with van der Waals surface area (Å²) >= 11 is 0. The van der Waals surface area contributed by atoms with Crippen molar-refractivity contribution in [2.75, 3.05) is 6.61 Å². The second kappa shape index (κ2) is 8.67. The monoisotopic (exact) mass is 280 g/mol. The number of carboxylic acids is 1. The number of aliphatic carboxylic acids is 1. The Morgan fingerprint density at radius 3 is 2.24 bits per heavy atom. The van der Waals surface area contributed by atoms with Crippen LogP contribution >= 0.6 is 0 Å². The highest BCUT2D eigenvalue weighted by Gasteiger charge is 2.34. The molecule has 9 heteroatoms. The maximum Gasteiger partial charge on any atom is 0.327 e. The van der Waals surface area contributed by atoms with Crippen LogP contribution in [0.2, 0.25) is 0 Å². The van der Waals surface area contributed by atoms with E-state index >= 15 is 0 Å². The van der Waals surface area contributed by atoms with Crippen LogP contribution in [0.5, 0.6) is 0 Å². The van der Waals surface area contributed by atoms with E-state index in [-0.39, 0.29) is 29.7 Å². The average Bonchev–Trinajstić information content (AvgIpc) is 2.12. The van der Waals surface area contributed by atoms with Gasteiger partial charge in [-0.25, -0.2) is 0 Å². The molecule has 0 fully saturated rings. The Hall–Kier alpha value is -0.384. The molecule has 0 radical (unpaired) electrons. The van der Waals surface area contributed by atoms with Crippen molar-refractivity contribution in [1.82, 2.24) is 0 Å². The Labute approximate surface area is 115 Å². The van der Waals surface area contributed by atoms with Crippen LogP contribution in [0.4, 0.5) is 0 Å². The number of ether oxygens (including phenoxy) is 1. The van der Waals surface area contributed by atoms with Crippen LogP contribution in [0.3, 0.4) is 0 Å². The van der Waals surface area contributed by atoms with Gasteiger partial charge in [-0.2, -0.15) is 8.42 Å². The standard InChI is InChI=1S/C8H14O7S.Mg.2H/c1-2-3-4-15-8(11)6(5-7(9)10)16(12,13)14;;;/h6H,2-5H2,1H3,(H,9,10)(H,12,13,14);;;. The van der Waals surface area contributed by atoms with Crippen molar-refractivity contribution in [3.8, 4) is 0 Å². The summed E-state index contributed by atoms with van der Waals surface area (Å²) in [6.07, 6.45) is 0.267. The molecule has 0 aromatic heterocycles. The molecule has 0 bridgehead atoms. The summed E-state index contributed by atoms with van der Waals surface area (Å²) in [7, 11) is -4.75. The molecule has 1 atom stereocenters. The van der Waals surface area contributed by atoms with E-state index in [1.54, 1.807) is 0 Å². The number of hydrogen-bond acceptors (Lipinski definition) is 5. The van der Waals surface area contributed by atoms with Crippen molar-refractivity contribution in [1.29, 1.82) is 0 Å². The Morgan fingerprint density at radius 2 is 1.88 bits per heavy atom. The fraction of sp³-hybridized carbons (Fsp3) is 0.750. The number of carboxylic acid groups (broad SMARTS) is 1. The summed E-state index contributed by atoms with van der Waals surface area (Å²) in [6, 6.07) is 0. The van der Waals surface area contributed by atoms with Crippen LogP contribution in [0.1, 0.15) is 26.2 Å². The highest BCUT2D eigenvalue weighted by Crippen LogP contribution is 2.07. The Bertz CT molecular complexity index is 351. The Balaban J connectivity index is 0. The van der Waals surface area contributed by atoms with Crippen LogP contribution < -0.4 is 0 Å². The van der Waals surface area contributed by atoms with Crippen molar-refractivity contribution < 1.29 is 32.4 Å². The smallest absolute Gasteiger partial charge is 0.327 e. The summed E-state index contributed by atoms with van der Waals surface area (Å²) in [4.78, 5) is 21.5. The second-order valence-corrected chi connectivity index (χ2v) is 4.72. The van der Waals surface area contributed by atoms with Crippen LogP contribution in [0.15, 0.2) is 0 Å². The van der Waals surface area contributed by atoms with E-state index in [1.807, 2.05) is 6.92 Å². The van der Waals surface area contributed by atoms with Gasteiger partial charge in [0.25, 0.3) is 10.1 Å². The normalized spacial score (nSPS) is 12.4. The zero-order valence-electron chi connectivity index (χ0n) is 8.75. The molecular formula is C8H16MgO7S. The van der Waals surface area contributed by atoms with Gasteiger partial charge in [-0.05, 0) is 6.42 Å². The second-order valence-electron chi connectivity index (χ2n) is 3.12. The molecule has 0 aliphatic rings. The van der Waals surface area contributed by atoms with E-state index in [9.17, 15) is 18.0 Å². The van der Waals surface area contributed by atoms with Crippen molar-refractivity contribution in [2.45, 2.75) is 31.4 Å². The van der Waals surface area contributed by atoms with Gasteiger partial charge in [0.2, 0.25) is 0 Å². The number of esters is 1. The number of carbonyl (C=O) groups is 2. The van der Waals surface area contributed by atoms with Crippen LogP contribution in [0.25, 0.3) is 0 Å². The third-order valence-corrected chi connectivity index (χ3v) is 2.80. The molecular weight excluding hydrogens is 264 g/mol. The highest BCUT2D eigenvalue weighted by atomic mass is 32.2. The lowest BCUT2D eigenvalue weighted by Crippen LogP contribution is -2.34. The van der Waals surface area contributed by atoms with E-state index in [0.29, 0.717) is 6.42 Å². The van der Waals surface area contributed by atoms with Crippen LogP contribution in [-0.2, 0) is 24.4 Å². The molecule has 98 valence electrons. The lowest BCUT2D eigenvalue weighted by molar-refractivity contribution is -0.147. The largest absolute Gasteiger partial charge is 0.481 e. The average molecular weight is 281 g/mol. The first-order chi connectivity index (χ1) is 7.29. The summed E-state index contributed by atoms with van der Waals surface area (Å²) in [6.45, 7) is 1.84. The van der Waals surface area contributed by atoms with E-state index in [4.69, 9.17) is 9.66 Å². The van der Waals surface area contributed by atoms with Gasteiger partial charge in [-0.3, -0.25) is 14.1 Å². The summed E-state index contributed by atoms with van der Waals surface area (Å²) in [5, 5.41) is 6.33. The van der Waals surface area contributed by atoms with Crippen molar-refractivity contribution in [3.05, 3.63) is 0 Å². The Kier molecular flexibility index (Phi) is 9.67. The molecule has 0 heterocycles. The quantitative estimate of drug-likeness (QED) is 0.270. The van der Waals surface area contributed by atoms with Gasteiger partial charge in [0.05, 0.1) is 13.0 Å². The molecule has 17 heavy (non-hydrogen) atoms. The fourth-order valence-corrected chi connectivity index (χ4v) is 1.54. The summed E-state index contributed by atoms with van der Waals surface area (Å²) in [5.74, 6) is -2.74. The zero-order chi connectivity index (χ0) is 12.8. The maximum absolute atomic E-state index is 11.2. The predicted molar refractivity (Wildman–Crippen MR) is 62.0 cm³/mol. The first-order valence-electron chi connectivity index (χ1n) is 4.63. The van der Waals surface area contributed by atoms with E-state index < -0.39 is 33.7 Å². The molecule has 0 amide bonds. The number of hydrogen-bond donors (Lipinski definition) is 2. The van der Waals surface area contributed by atoms with Crippen molar-refractivity contribution in [3.63, 3.8) is 0 Å². The molecule has 0 spiro atoms. The molecule has 0 aliphatic carbocycles. The fourth-order valence-electron chi connectivity index (χ4n) is 0.879. The topological polar surface area (TPSA) is 118 Å². The van der Waals surface area contributed by atoms with Gasteiger partial charge in [0.15, 0.2) is 5.25 Å². The zero-order valence-corrected chi connectivity index (χ0v) is 9.57. The molecule has 0 aromatic rings. The number of unbranched alkanes of at least 4 members (excludes halogenated alkanes) is 1.